The highest BCUT2D eigenvalue weighted by Gasteiger charge is 2.32. The van der Waals surface area contributed by atoms with Gasteiger partial charge in [0.15, 0.2) is 0 Å². The lowest BCUT2D eigenvalue weighted by Gasteiger charge is -2.28. The van der Waals surface area contributed by atoms with Crippen LogP contribution in [0.3, 0.4) is 0 Å². The molecule has 0 saturated carbocycles. The molecule has 0 aliphatic carbocycles. The van der Waals surface area contributed by atoms with E-state index in [-0.39, 0.29) is 17.6 Å². The summed E-state index contributed by atoms with van der Waals surface area (Å²) in [7, 11) is 0. The molecule has 0 aliphatic heterocycles. The molecular weight excluding hydrogens is 318 g/mol. The van der Waals surface area contributed by atoms with Gasteiger partial charge in [-0.3, -0.25) is 9.59 Å². The molecule has 0 aromatic rings. The van der Waals surface area contributed by atoms with E-state index < -0.39 is 35.9 Å². The lowest BCUT2D eigenvalue weighted by atomic mass is 9.95. The first-order chi connectivity index (χ1) is 10.7. The lowest BCUT2D eigenvalue weighted by Crippen LogP contribution is -2.57. The minimum absolute atomic E-state index is 0.155. The van der Waals surface area contributed by atoms with Crippen LogP contribution in [0.2, 0.25) is 0 Å². The SMILES string of the molecule is CC[C@H](C)[C@H](NC(=O)[C@@H](NC(=O)[C@@H](N)CS)[C@@H](C)CC)C(=O)O. The molecular formula is C15H29N3O4S. The van der Waals surface area contributed by atoms with Gasteiger partial charge < -0.3 is 21.5 Å². The molecule has 0 aliphatic rings. The second kappa shape index (κ2) is 10.5. The summed E-state index contributed by atoms with van der Waals surface area (Å²) in [6, 6.07) is -2.64. The highest BCUT2D eigenvalue weighted by atomic mass is 32.1. The third-order valence-corrected chi connectivity index (χ3v) is 4.50. The van der Waals surface area contributed by atoms with Crippen molar-refractivity contribution in [1.29, 1.82) is 0 Å². The van der Waals surface area contributed by atoms with Crippen LogP contribution in [-0.4, -0.2) is 46.8 Å². The number of carboxylic acid groups (broad SMARTS) is 1. The number of thiol groups is 1. The van der Waals surface area contributed by atoms with E-state index in [0.717, 1.165) is 0 Å². The van der Waals surface area contributed by atoms with Gasteiger partial charge in [-0.05, 0) is 11.8 Å². The van der Waals surface area contributed by atoms with Gasteiger partial charge in [-0.2, -0.15) is 12.6 Å². The number of carbonyl (C=O) groups is 3. The van der Waals surface area contributed by atoms with Crippen molar-refractivity contribution in [2.24, 2.45) is 17.6 Å². The highest BCUT2D eigenvalue weighted by molar-refractivity contribution is 7.80. The number of nitrogens with one attached hydrogen (secondary N) is 2. The fourth-order valence-electron chi connectivity index (χ4n) is 1.97. The van der Waals surface area contributed by atoms with Crippen LogP contribution in [0, 0.1) is 11.8 Å². The summed E-state index contributed by atoms with van der Waals surface area (Å²) in [5, 5.41) is 14.4. The average Bonchev–Trinajstić information content (AvgIpc) is 2.54. The number of hydrogen-bond acceptors (Lipinski definition) is 5. The number of rotatable bonds is 10. The van der Waals surface area contributed by atoms with Gasteiger partial charge in [0, 0.05) is 5.75 Å². The predicted molar refractivity (Wildman–Crippen MR) is 92.2 cm³/mol. The molecule has 0 heterocycles. The molecule has 5 atom stereocenters. The van der Waals surface area contributed by atoms with Crippen LogP contribution in [0.5, 0.6) is 0 Å². The quantitative estimate of drug-likeness (QED) is 0.366. The molecule has 23 heavy (non-hydrogen) atoms. The van der Waals surface area contributed by atoms with E-state index in [0.29, 0.717) is 12.8 Å². The van der Waals surface area contributed by atoms with E-state index in [1.807, 2.05) is 20.8 Å². The van der Waals surface area contributed by atoms with E-state index >= 15 is 0 Å². The molecule has 7 nitrogen and oxygen atoms in total. The Labute approximate surface area is 143 Å². The molecule has 2 amide bonds. The summed E-state index contributed by atoms with van der Waals surface area (Å²) in [6.45, 7) is 7.31. The van der Waals surface area contributed by atoms with Crippen LogP contribution in [-0.2, 0) is 14.4 Å². The minimum Gasteiger partial charge on any atom is -0.480 e. The van der Waals surface area contributed by atoms with Gasteiger partial charge in [0.25, 0.3) is 0 Å². The normalized spacial score (nSPS) is 17.5. The highest BCUT2D eigenvalue weighted by Crippen LogP contribution is 2.12. The summed E-state index contributed by atoms with van der Waals surface area (Å²) in [6.07, 6.45) is 1.26. The summed E-state index contributed by atoms with van der Waals surface area (Å²) in [5.41, 5.74) is 5.61. The molecule has 0 spiro atoms. The molecule has 0 aromatic carbocycles. The van der Waals surface area contributed by atoms with Crippen LogP contribution in [0.25, 0.3) is 0 Å². The van der Waals surface area contributed by atoms with Gasteiger partial charge in [0.1, 0.15) is 12.1 Å². The fourth-order valence-corrected chi connectivity index (χ4v) is 2.14. The van der Waals surface area contributed by atoms with E-state index in [4.69, 9.17) is 5.73 Å². The van der Waals surface area contributed by atoms with Crippen LogP contribution in [0.4, 0.5) is 0 Å². The maximum absolute atomic E-state index is 12.5. The zero-order valence-corrected chi connectivity index (χ0v) is 15.1. The smallest absolute Gasteiger partial charge is 0.326 e. The number of amides is 2. The topological polar surface area (TPSA) is 122 Å². The van der Waals surface area contributed by atoms with Gasteiger partial charge in [-0.15, -0.1) is 0 Å². The number of carbonyl (C=O) groups excluding carboxylic acids is 2. The van der Waals surface area contributed by atoms with E-state index in [9.17, 15) is 19.5 Å². The van der Waals surface area contributed by atoms with Crippen LogP contribution < -0.4 is 16.4 Å². The van der Waals surface area contributed by atoms with Gasteiger partial charge in [-0.1, -0.05) is 40.5 Å². The van der Waals surface area contributed by atoms with Crippen molar-refractivity contribution in [3.05, 3.63) is 0 Å². The van der Waals surface area contributed by atoms with Crippen molar-refractivity contribution < 1.29 is 19.5 Å². The van der Waals surface area contributed by atoms with E-state index in [2.05, 4.69) is 23.3 Å². The first kappa shape index (κ1) is 21.7. The fraction of sp³-hybridized carbons (Fsp3) is 0.800. The van der Waals surface area contributed by atoms with Crippen molar-refractivity contribution in [3.63, 3.8) is 0 Å². The first-order valence-electron chi connectivity index (χ1n) is 7.89. The molecule has 0 rings (SSSR count). The molecule has 0 unspecified atom stereocenters. The third kappa shape index (κ3) is 6.78. The maximum atomic E-state index is 12.5. The van der Waals surface area contributed by atoms with Crippen LogP contribution in [0.1, 0.15) is 40.5 Å². The average molecular weight is 347 g/mol. The van der Waals surface area contributed by atoms with Crippen LogP contribution in [0.15, 0.2) is 0 Å². The largest absolute Gasteiger partial charge is 0.480 e. The standard InChI is InChI=1S/C15H29N3O4S/c1-5-8(3)11(17-13(19)10(16)7-23)14(20)18-12(15(21)22)9(4)6-2/h8-12,23H,5-7,16H2,1-4H3,(H,17,19)(H,18,20)(H,21,22)/t8-,9-,10-,11-,12-/m0/s1. The van der Waals surface area contributed by atoms with Crippen molar-refractivity contribution in [3.8, 4) is 0 Å². The molecule has 8 heteroatoms. The first-order valence-corrected chi connectivity index (χ1v) is 8.52. The zero-order chi connectivity index (χ0) is 18.2. The second-order valence-electron chi connectivity index (χ2n) is 5.87. The van der Waals surface area contributed by atoms with Gasteiger partial charge in [-0.25, -0.2) is 4.79 Å². The summed E-state index contributed by atoms with van der Waals surface area (Å²) in [4.78, 5) is 35.8. The number of hydrogen-bond donors (Lipinski definition) is 5. The Morgan fingerprint density at radius 1 is 1.00 bits per heavy atom. The molecule has 0 fully saturated rings. The third-order valence-electron chi connectivity index (χ3n) is 4.10. The molecule has 0 radical (unpaired) electrons. The van der Waals surface area contributed by atoms with Gasteiger partial charge in [0.2, 0.25) is 11.8 Å². The Bertz CT molecular complexity index is 420. The lowest BCUT2D eigenvalue weighted by molar-refractivity contribution is -0.144. The van der Waals surface area contributed by atoms with Gasteiger partial charge in [0.05, 0.1) is 6.04 Å². The summed E-state index contributed by atoms with van der Waals surface area (Å²) < 4.78 is 0. The summed E-state index contributed by atoms with van der Waals surface area (Å²) >= 11 is 3.96. The van der Waals surface area contributed by atoms with Crippen molar-refractivity contribution in [2.45, 2.75) is 58.7 Å². The Balaban J connectivity index is 5.13. The number of carboxylic acids is 1. The summed E-state index contributed by atoms with van der Waals surface area (Å²) in [5.74, 6) is -2.29. The maximum Gasteiger partial charge on any atom is 0.326 e. The zero-order valence-electron chi connectivity index (χ0n) is 14.2. The van der Waals surface area contributed by atoms with Crippen LogP contribution >= 0.6 is 12.6 Å². The van der Waals surface area contributed by atoms with E-state index in [1.54, 1.807) is 6.92 Å². The van der Waals surface area contributed by atoms with Crippen molar-refractivity contribution >= 4 is 30.4 Å². The Kier molecular flexibility index (Phi) is 9.90. The van der Waals surface area contributed by atoms with E-state index in [1.165, 1.54) is 0 Å². The molecule has 5 N–H and O–H groups in total. The Hall–Kier alpha value is -1.28. The van der Waals surface area contributed by atoms with Gasteiger partial charge >= 0.3 is 5.97 Å². The predicted octanol–water partition coefficient (Wildman–Crippen LogP) is 0.390. The number of aliphatic carboxylic acids is 1. The Morgan fingerprint density at radius 3 is 1.83 bits per heavy atom. The molecule has 0 bridgehead atoms. The monoisotopic (exact) mass is 347 g/mol. The van der Waals surface area contributed by atoms with Crippen molar-refractivity contribution in [1.82, 2.24) is 10.6 Å². The second-order valence-corrected chi connectivity index (χ2v) is 6.24. The Morgan fingerprint density at radius 2 is 1.43 bits per heavy atom. The molecule has 0 aromatic heterocycles. The minimum atomic E-state index is -1.09. The van der Waals surface area contributed by atoms with Crippen molar-refractivity contribution in [2.75, 3.05) is 5.75 Å². The molecule has 0 saturated heterocycles. The number of nitrogens with two attached hydrogens (primary N) is 1. The molecule has 134 valence electrons.